The number of aromatic amines is 1. The van der Waals surface area contributed by atoms with Gasteiger partial charge in [-0.1, -0.05) is 6.42 Å². The lowest BCUT2D eigenvalue weighted by molar-refractivity contribution is -0.0743. The van der Waals surface area contributed by atoms with Gasteiger partial charge in [0.15, 0.2) is 5.69 Å². The normalized spacial score (nSPS) is 25.3. The van der Waals surface area contributed by atoms with Gasteiger partial charge in [-0.25, -0.2) is 0 Å². The fourth-order valence-corrected chi connectivity index (χ4v) is 4.92. The van der Waals surface area contributed by atoms with Gasteiger partial charge in [-0.2, -0.15) is 10.2 Å². The smallest absolute Gasteiger partial charge is 0.275 e. The van der Waals surface area contributed by atoms with Crippen molar-refractivity contribution in [1.29, 1.82) is 0 Å². The van der Waals surface area contributed by atoms with Crippen molar-refractivity contribution in [2.45, 2.75) is 44.4 Å². The molecule has 2 fully saturated rings. The molecule has 30 heavy (non-hydrogen) atoms. The number of carbonyl (C=O) groups excluding carboxylic acids is 1. The van der Waals surface area contributed by atoms with Gasteiger partial charge >= 0.3 is 0 Å². The molecule has 2 saturated heterocycles. The van der Waals surface area contributed by atoms with Crippen LogP contribution in [0.25, 0.3) is 0 Å². The van der Waals surface area contributed by atoms with E-state index in [9.17, 15) is 4.79 Å². The lowest BCUT2D eigenvalue weighted by Gasteiger charge is -2.43. The maximum atomic E-state index is 13.7. The summed E-state index contributed by atoms with van der Waals surface area (Å²) in [6, 6.07) is -0.182. The first-order chi connectivity index (χ1) is 14.7. The Hall–Kier alpha value is -2.23. The third-order valence-electron chi connectivity index (χ3n) is 6.46. The number of likely N-dealkylation sites (tertiary alicyclic amines) is 1. The molecule has 162 valence electrons. The molecule has 0 bridgehead atoms. The van der Waals surface area contributed by atoms with Crippen LogP contribution in [0.5, 0.6) is 0 Å². The number of hydrogen-bond donors (Lipinski definition) is 1. The van der Waals surface area contributed by atoms with Crippen LogP contribution >= 0.6 is 0 Å². The Labute approximate surface area is 176 Å². The molecule has 9 nitrogen and oxygen atoms in total. The van der Waals surface area contributed by atoms with E-state index in [2.05, 4.69) is 20.2 Å². The van der Waals surface area contributed by atoms with Crippen molar-refractivity contribution in [2.24, 2.45) is 7.05 Å². The van der Waals surface area contributed by atoms with E-state index in [1.54, 1.807) is 4.68 Å². The second-order valence-electron chi connectivity index (χ2n) is 8.49. The standard InChI is InChI=1S/C21H30N6O3/c1-25-12-15(11-22-25)20-18(13-26-6-3-2-4-7-26)30-10-8-27(20)21(28)19-16-14-29-9-5-17(16)23-24-19/h11-12,18,20H,2-10,13-14H2,1H3,(H,23,24)/t18-,20-/m0/s1. The quantitative estimate of drug-likeness (QED) is 0.811. The number of amides is 1. The average molecular weight is 415 g/mol. The van der Waals surface area contributed by atoms with Gasteiger partial charge in [0.05, 0.1) is 38.2 Å². The fraction of sp³-hybridized carbons (Fsp3) is 0.667. The highest BCUT2D eigenvalue weighted by molar-refractivity contribution is 5.94. The largest absolute Gasteiger partial charge is 0.376 e. The van der Waals surface area contributed by atoms with Gasteiger partial charge in [0, 0.05) is 49.6 Å². The van der Waals surface area contributed by atoms with Crippen LogP contribution in [-0.2, 0) is 29.5 Å². The number of aromatic nitrogens is 4. The lowest BCUT2D eigenvalue weighted by atomic mass is 9.98. The maximum Gasteiger partial charge on any atom is 0.275 e. The van der Waals surface area contributed by atoms with Crippen molar-refractivity contribution < 1.29 is 14.3 Å². The Kier molecular flexibility index (Phi) is 5.58. The Bertz CT molecular complexity index is 887. The first kappa shape index (κ1) is 19.7. The van der Waals surface area contributed by atoms with E-state index in [4.69, 9.17) is 9.47 Å². The number of ether oxygens (including phenoxy) is 2. The zero-order valence-corrected chi connectivity index (χ0v) is 17.5. The number of fused-ring (bicyclic) bond motifs is 1. The van der Waals surface area contributed by atoms with Crippen LogP contribution in [0, 0.1) is 0 Å². The van der Waals surface area contributed by atoms with Gasteiger partial charge in [-0.15, -0.1) is 0 Å². The number of nitrogens with one attached hydrogen (secondary N) is 1. The first-order valence-corrected chi connectivity index (χ1v) is 11.0. The summed E-state index contributed by atoms with van der Waals surface area (Å²) >= 11 is 0. The zero-order valence-electron chi connectivity index (χ0n) is 17.5. The van der Waals surface area contributed by atoms with Gasteiger partial charge in [0.25, 0.3) is 5.91 Å². The molecule has 0 unspecified atom stereocenters. The van der Waals surface area contributed by atoms with Crippen LogP contribution in [-0.4, -0.2) is 81.2 Å². The van der Waals surface area contributed by atoms with Crippen LogP contribution in [0.1, 0.15) is 52.6 Å². The molecule has 0 spiro atoms. The number of rotatable bonds is 4. The number of aryl methyl sites for hydroxylation is 1. The Balaban J connectivity index is 1.44. The van der Waals surface area contributed by atoms with E-state index in [-0.39, 0.29) is 18.1 Å². The number of piperidine rings is 1. The van der Waals surface area contributed by atoms with Crippen LogP contribution in [0.3, 0.4) is 0 Å². The predicted octanol–water partition coefficient (Wildman–Crippen LogP) is 1.28. The SMILES string of the molecule is Cn1cc([C@H]2[C@H](CN3CCCCC3)OCCN2C(=O)c2n[nH]c3c2COCC3)cn1. The van der Waals surface area contributed by atoms with Crippen molar-refractivity contribution in [3.63, 3.8) is 0 Å². The number of H-pyrrole nitrogens is 1. The highest BCUT2D eigenvalue weighted by atomic mass is 16.5. The fourth-order valence-electron chi connectivity index (χ4n) is 4.92. The number of nitrogens with zero attached hydrogens (tertiary/aromatic N) is 5. The number of morpholine rings is 1. The summed E-state index contributed by atoms with van der Waals surface area (Å²) in [6.07, 6.45) is 8.28. The summed E-state index contributed by atoms with van der Waals surface area (Å²) < 4.78 is 13.6. The second-order valence-corrected chi connectivity index (χ2v) is 8.49. The summed E-state index contributed by atoms with van der Waals surface area (Å²) in [5.74, 6) is -0.0567. The van der Waals surface area contributed by atoms with Crippen molar-refractivity contribution in [2.75, 3.05) is 39.4 Å². The minimum absolute atomic E-state index is 0.0567. The van der Waals surface area contributed by atoms with E-state index in [0.29, 0.717) is 32.1 Å². The Morgan fingerprint density at radius 1 is 1.23 bits per heavy atom. The summed E-state index contributed by atoms with van der Waals surface area (Å²) in [5.41, 5.74) is 3.40. The van der Waals surface area contributed by atoms with Crippen molar-refractivity contribution in [3.05, 3.63) is 34.9 Å². The van der Waals surface area contributed by atoms with Crippen molar-refractivity contribution >= 4 is 5.91 Å². The molecule has 2 atom stereocenters. The Morgan fingerprint density at radius 3 is 2.90 bits per heavy atom. The third kappa shape index (κ3) is 3.77. The van der Waals surface area contributed by atoms with E-state index < -0.39 is 0 Å². The summed E-state index contributed by atoms with van der Waals surface area (Å²) in [4.78, 5) is 18.1. The number of carbonyl (C=O) groups is 1. The highest BCUT2D eigenvalue weighted by Crippen LogP contribution is 2.33. The molecule has 9 heteroatoms. The molecule has 3 aliphatic heterocycles. The lowest BCUT2D eigenvalue weighted by Crippen LogP contribution is -2.52. The molecule has 5 heterocycles. The molecule has 0 radical (unpaired) electrons. The van der Waals surface area contributed by atoms with Gasteiger partial charge in [-0.05, 0) is 25.9 Å². The molecular weight excluding hydrogens is 384 g/mol. The molecule has 1 N–H and O–H groups in total. The Morgan fingerprint density at radius 2 is 2.10 bits per heavy atom. The van der Waals surface area contributed by atoms with Gasteiger partial charge in [0.2, 0.25) is 0 Å². The molecule has 0 saturated carbocycles. The topological polar surface area (TPSA) is 88.5 Å². The molecule has 2 aromatic rings. The predicted molar refractivity (Wildman–Crippen MR) is 109 cm³/mol. The second kappa shape index (κ2) is 8.49. The monoisotopic (exact) mass is 414 g/mol. The van der Waals surface area contributed by atoms with Gasteiger partial charge in [-0.3, -0.25) is 14.6 Å². The molecule has 0 aliphatic carbocycles. The zero-order chi connectivity index (χ0) is 20.5. The van der Waals surface area contributed by atoms with Crippen LogP contribution in [0.4, 0.5) is 0 Å². The van der Waals surface area contributed by atoms with Crippen LogP contribution in [0.15, 0.2) is 12.4 Å². The number of hydrogen-bond acceptors (Lipinski definition) is 6. The van der Waals surface area contributed by atoms with E-state index >= 15 is 0 Å². The first-order valence-electron chi connectivity index (χ1n) is 11.0. The molecule has 1 amide bonds. The van der Waals surface area contributed by atoms with E-state index in [1.165, 1.54) is 19.3 Å². The van der Waals surface area contributed by atoms with Crippen molar-refractivity contribution in [3.8, 4) is 0 Å². The molecule has 5 rings (SSSR count). The van der Waals surface area contributed by atoms with Gasteiger partial charge < -0.3 is 19.3 Å². The molecule has 2 aromatic heterocycles. The average Bonchev–Trinajstić information content (AvgIpc) is 3.40. The summed E-state index contributed by atoms with van der Waals surface area (Å²) in [7, 11) is 1.90. The van der Waals surface area contributed by atoms with Crippen LogP contribution < -0.4 is 0 Å². The molecule has 3 aliphatic rings. The van der Waals surface area contributed by atoms with Gasteiger partial charge in [0.1, 0.15) is 0 Å². The minimum atomic E-state index is -0.182. The van der Waals surface area contributed by atoms with Crippen LogP contribution in [0.2, 0.25) is 0 Å². The molecular formula is C21H30N6O3. The van der Waals surface area contributed by atoms with E-state index in [0.717, 1.165) is 42.9 Å². The molecule has 0 aromatic carbocycles. The van der Waals surface area contributed by atoms with E-state index in [1.807, 2.05) is 24.3 Å². The maximum absolute atomic E-state index is 13.7. The minimum Gasteiger partial charge on any atom is -0.376 e. The highest BCUT2D eigenvalue weighted by Gasteiger charge is 2.40. The summed E-state index contributed by atoms with van der Waals surface area (Å²) in [5, 5.41) is 11.8. The third-order valence-corrected chi connectivity index (χ3v) is 6.46. The summed E-state index contributed by atoms with van der Waals surface area (Å²) in [6.45, 7) is 5.19. The van der Waals surface area contributed by atoms with Crippen molar-refractivity contribution in [1.82, 2.24) is 29.8 Å².